The maximum atomic E-state index is 13.1. The molecule has 1 aromatic rings. The van der Waals surface area contributed by atoms with Gasteiger partial charge in [-0.2, -0.15) is 0 Å². The number of benzene rings is 1. The molecule has 0 spiro atoms. The standard InChI is InChI=1S/C26H38ClN3O5/c1-5-7-8-9-20-15-22(31)29-21(14-18-10-12-19(27)13-11-18)25(33)28-17(4)24(32)30-23(16(3)6-2)26(34)35-20/h10-13,16-17,20-21,23H,5-9,14-15H2,1-4H3,(H,28,33)(H,29,31)(H,30,32)/t16-,17-,20+,21-,23+/m0/s1. The molecular formula is C26H38ClN3O5. The molecule has 0 aromatic heterocycles. The zero-order valence-corrected chi connectivity index (χ0v) is 21.8. The van der Waals surface area contributed by atoms with Crippen molar-refractivity contribution in [3.05, 3.63) is 34.9 Å². The van der Waals surface area contributed by atoms with Crippen molar-refractivity contribution in [1.29, 1.82) is 0 Å². The Balaban J connectivity index is 2.32. The predicted octanol–water partition coefficient (Wildman–Crippen LogP) is 3.30. The molecule has 1 saturated heterocycles. The van der Waals surface area contributed by atoms with Gasteiger partial charge in [-0.1, -0.05) is 63.8 Å². The first kappa shape index (κ1) is 28.6. The third-order valence-electron chi connectivity index (χ3n) is 6.35. The van der Waals surface area contributed by atoms with Gasteiger partial charge in [0.25, 0.3) is 0 Å². The quantitative estimate of drug-likeness (QED) is 0.369. The van der Waals surface area contributed by atoms with Crippen molar-refractivity contribution >= 4 is 35.3 Å². The van der Waals surface area contributed by atoms with E-state index in [1.807, 2.05) is 13.8 Å². The third-order valence-corrected chi connectivity index (χ3v) is 6.60. The van der Waals surface area contributed by atoms with E-state index in [4.69, 9.17) is 16.3 Å². The second-order valence-electron chi connectivity index (χ2n) is 9.31. The summed E-state index contributed by atoms with van der Waals surface area (Å²) in [6.45, 7) is 7.39. The van der Waals surface area contributed by atoms with Gasteiger partial charge in [0.15, 0.2) is 0 Å². The fraction of sp³-hybridized carbons (Fsp3) is 0.615. The van der Waals surface area contributed by atoms with E-state index in [9.17, 15) is 19.2 Å². The average molecular weight is 508 g/mol. The van der Waals surface area contributed by atoms with Crippen LogP contribution in [0.5, 0.6) is 0 Å². The molecule has 3 amide bonds. The van der Waals surface area contributed by atoms with Gasteiger partial charge in [0, 0.05) is 11.4 Å². The second-order valence-corrected chi connectivity index (χ2v) is 9.75. The fourth-order valence-corrected chi connectivity index (χ4v) is 4.04. The van der Waals surface area contributed by atoms with E-state index in [1.165, 1.54) is 0 Å². The molecule has 0 bridgehead atoms. The molecule has 1 aliphatic heterocycles. The molecule has 0 saturated carbocycles. The molecule has 9 heteroatoms. The van der Waals surface area contributed by atoms with Crippen LogP contribution in [-0.4, -0.2) is 47.9 Å². The highest BCUT2D eigenvalue weighted by Crippen LogP contribution is 2.17. The Kier molecular flexibility index (Phi) is 11.5. The number of nitrogens with one attached hydrogen (secondary N) is 3. The van der Waals surface area contributed by atoms with Gasteiger partial charge in [-0.15, -0.1) is 0 Å². The lowest BCUT2D eigenvalue weighted by molar-refractivity contribution is -0.156. The Hall–Kier alpha value is -2.61. The summed E-state index contributed by atoms with van der Waals surface area (Å²) in [5, 5.41) is 8.76. The molecule has 3 N–H and O–H groups in total. The SMILES string of the molecule is CCCCC[C@@H]1CC(=O)N[C@@H](Cc2ccc(Cl)cc2)C(=O)N[C@@H](C)C(=O)N[C@H]([C@@H](C)CC)C(=O)O1. The Morgan fingerprint density at radius 1 is 1.00 bits per heavy atom. The van der Waals surface area contributed by atoms with E-state index >= 15 is 0 Å². The molecule has 2 rings (SSSR count). The molecule has 1 heterocycles. The van der Waals surface area contributed by atoms with Gasteiger partial charge in [-0.05, 0) is 43.4 Å². The largest absolute Gasteiger partial charge is 0.460 e. The normalized spacial score (nSPS) is 25.2. The van der Waals surface area contributed by atoms with Gasteiger partial charge in [0.05, 0.1) is 6.42 Å². The third kappa shape index (κ3) is 9.17. The summed E-state index contributed by atoms with van der Waals surface area (Å²) >= 11 is 5.97. The van der Waals surface area contributed by atoms with Crippen molar-refractivity contribution in [2.24, 2.45) is 5.92 Å². The minimum Gasteiger partial charge on any atom is -0.460 e. The Morgan fingerprint density at radius 2 is 1.69 bits per heavy atom. The van der Waals surface area contributed by atoms with Crippen molar-refractivity contribution in [1.82, 2.24) is 16.0 Å². The number of carbonyl (C=O) groups is 4. The summed E-state index contributed by atoms with van der Waals surface area (Å²) in [5.41, 5.74) is 0.805. The van der Waals surface area contributed by atoms with Crippen molar-refractivity contribution < 1.29 is 23.9 Å². The maximum absolute atomic E-state index is 13.1. The summed E-state index contributed by atoms with van der Waals surface area (Å²) in [5.74, 6) is -2.09. The number of ether oxygens (including phenoxy) is 1. The number of hydrogen-bond donors (Lipinski definition) is 3. The molecule has 1 aliphatic rings. The summed E-state index contributed by atoms with van der Waals surface area (Å²) < 4.78 is 5.76. The van der Waals surface area contributed by atoms with E-state index in [1.54, 1.807) is 31.2 Å². The Labute approximate surface area is 212 Å². The monoisotopic (exact) mass is 507 g/mol. The van der Waals surface area contributed by atoms with Crippen molar-refractivity contribution in [3.63, 3.8) is 0 Å². The van der Waals surface area contributed by atoms with Gasteiger partial charge in [-0.3, -0.25) is 14.4 Å². The highest BCUT2D eigenvalue weighted by Gasteiger charge is 2.33. The van der Waals surface area contributed by atoms with E-state index in [0.29, 0.717) is 17.9 Å². The van der Waals surface area contributed by atoms with Crippen molar-refractivity contribution in [2.75, 3.05) is 0 Å². The highest BCUT2D eigenvalue weighted by molar-refractivity contribution is 6.30. The molecule has 194 valence electrons. The zero-order valence-electron chi connectivity index (χ0n) is 21.1. The lowest BCUT2D eigenvalue weighted by Gasteiger charge is -2.26. The zero-order chi connectivity index (χ0) is 26.0. The van der Waals surface area contributed by atoms with Crippen molar-refractivity contribution in [2.45, 2.75) is 96.9 Å². The second kappa shape index (κ2) is 14.1. The molecule has 8 nitrogen and oxygen atoms in total. The van der Waals surface area contributed by atoms with Gasteiger partial charge < -0.3 is 20.7 Å². The first-order chi connectivity index (χ1) is 16.6. The lowest BCUT2D eigenvalue weighted by atomic mass is 9.98. The maximum Gasteiger partial charge on any atom is 0.329 e. The smallest absolute Gasteiger partial charge is 0.329 e. The van der Waals surface area contributed by atoms with Gasteiger partial charge in [0.2, 0.25) is 17.7 Å². The minimum atomic E-state index is -0.910. The average Bonchev–Trinajstić information content (AvgIpc) is 2.82. The van der Waals surface area contributed by atoms with Crippen LogP contribution in [0.3, 0.4) is 0 Å². The summed E-state index contributed by atoms with van der Waals surface area (Å²) in [6, 6.07) is 4.31. The molecule has 1 aromatic carbocycles. The number of halogens is 1. The number of cyclic esters (lactones) is 1. The highest BCUT2D eigenvalue weighted by atomic mass is 35.5. The summed E-state index contributed by atoms with van der Waals surface area (Å²) in [7, 11) is 0. The topological polar surface area (TPSA) is 114 Å². The van der Waals surface area contributed by atoms with Crippen LogP contribution in [0.25, 0.3) is 0 Å². The molecule has 35 heavy (non-hydrogen) atoms. The molecule has 0 aliphatic carbocycles. The number of carbonyl (C=O) groups excluding carboxylic acids is 4. The molecule has 1 fully saturated rings. The van der Waals surface area contributed by atoms with Crippen LogP contribution in [0.15, 0.2) is 24.3 Å². The van der Waals surface area contributed by atoms with Crippen LogP contribution in [0, 0.1) is 5.92 Å². The number of amides is 3. The number of esters is 1. The minimum absolute atomic E-state index is 0.0590. The van der Waals surface area contributed by atoms with Crippen LogP contribution in [0.1, 0.15) is 71.8 Å². The van der Waals surface area contributed by atoms with Crippen LogP contribution >= 0.6 is 11.6 Å². The summed E-state index contributed by atoms with van der Waals surface area (Å²) in [6.07, 6.45) is 3.42. The van der Waals surface area contributed by atoms with Crippen LogP contribution in [-0.2, 0) is 30.3 Å². The van der Waals surface area contributed by atoms with Crippen LogP contribution in [0.2, 0.25) is 5.02 Å². The van der Waals surface area contributed by atoms with E-state index in [-0.39, 0.29) is 24.7 Å². The van der Waals surface area contributed by atoms with E-state index in [0.717, 1.165) is 24.8 Å². The van der Waals surface area contributed by atoms with Gasteiger partial charge in [-0.25, -0.2) is 4.79 Å². The first-order valence-electron chi connectivity index (χ1n) is 12.5. The summed E-state index contributed by atoms with van der Waals surface area (Å²) in [4.78, 5) is 52.0. The van der Waals surface area contributed by atoms with Crippen LogP contribution < -0.4 is 16.0 Å². The Bertz CT molecular complexity index is 876. The van der Waals surface area contributed by atoms with E-state index < -0.39 is 42.0 Å². The molecule has 0 unspecified atom stereocenters. The molecule has 0 radical (unpaired) electrons. The molecular weight excluding hydrogens is 470 g/mol. The van der Waals surface area contributed by atoms with E-state index in [2.05, 4.69) is 22.9 Å². The number of unbranched alkanes of at least 4 members (excludes halogenated alkanes) is 2. The fourth-order valence-electron chi connectivity index (χ4n) is 3.91. The molecule has 5 atom stereocenters. The lowest BCUT2D eigenvalue weighted by Crippen LogP contribution is -2.55. The van der Waals surface area contributed by atoms with Crippen LogP contribution in [0.4, 0.5) is 0 Å². The van der Waals surface area contributed by atoms with Gasteiger partial charge in [0.1, 0.15) is 24.2 Å². The number of rotatable bonds is 8. The Morgan fingerprint density at radius 3 is 2.31 bits per heavy atom. The van der Waals surface area contributed by atoms with Gasteiger partial charge >= 0.3 is 5.97 Å². The predicted molar refractivity (Wildman–Crippen MR) is 135 cm³/mol. The van der Waals surface area contributed by atoms with Crippen molar-refractivity contribution in [3.8, 4) is 0 Å². The first-order valence-corrected chi connectivity index (χ1v) is 12.9. The number of hydrogen-bond acceptors (Lipinski definition) is 5.